The largest absolute Gasteiger partial charge is 0.348 e. The Bertz CT molecular complexity index is 1050. The van der Waals surface area contributed by atoms with Gasteiger partial charge in [0.25, 0.3) is 5.91 Å². The number of benzene rings is 1. The molecule has 1 aliphatic rings. The van der Waals surface area contributed by atoms with Crippen LogP contribution in [0.2, 0.25) is 0 Å². The molecule has 0 spiro atoms. The van der Waals surface area contributed by atoms with Crippen LogP contribution in [0.25, 0.3) is 5.82 Å². The predicted octanol–water partition coefficient (Wildman–Crippen LogP) is 2.59. The summed E-state index contributed by atoms with van der Waals surface area (Å²) in [6, 6.07) is 11.3. The van der Waals surface area contributed by atoms with E-state index in [-0.39, 0.29) is 23.6 Å². The van der Waals surface area contributed by atoms with Gasteiger partial charge < -0.3 is 10.6 Å². The molecule has 1 saturated carbocycles. The van der Waals surface area contributed by atoms with Gasteiger partial charge in [-0.05, 0) is 43.5 Å². The van der Waals surface area contributed by atoms with Crippen LogP contribution >= 0.6 is 11.8 Å². The average molecular weight is 408 g/mol. The van der Waals surface area contributed by atoms with Gasteiger partial charge >= 0.3 is 0 Å². The number of anilines is 1. The molecule has 0 saturated heterocycles. The SMILES string of the molecule is Cc1cccc(NC(=O)CSc2cc(-n3ccc(C(=O)NC4CC4)n3)ncn2)c1. The lowest BCUT2D eigenvalue weighted by Crippen LogP contribution is -2.25. The summed E-state index contributed by atoms with van der Waals surface area (Å²) in [4.78, 5) is 32.7. The minimum absolute atomic E-state index is 0.112. The molecule has 8 nitrogen and oxygen atoms in total. The lowest BCUT2D eigenvalue weighted by molar-refractivity contribution is -0.113. The van der Waals surface area contributed by atoms with Crippen molar-refractivity contribution in [2.75, 3.05) is 11.1 Å². The molecule has 2 heterocycles. The first-order chi connectivity index (χ1) is 14.1. The van der Waals surface area contributed by atoms with Crippen LogP contribution in [0.1, 0.15) is 28.9 Å². The molecule has 0 aliphatic heterocycles. The molecule has 0 radical (unpaired) electrons. The topological polar surface area (TPSA) is 102 Å². The van der Waals surface area contributed by atoms with Gasteiger partial charge in [-0.2, -0.15) is 5.10 Å². The summed E-state index contributed by atoms with van der Waals surface area (Å²) in [5.41, 5.74) is 2.20. The third-order valence-electron chi connectivity index (χ3n) is 4.25. The first-order valence-electron chi connectivity index (χ1n) is 9.25. The second-order valence-corrected chi connectivity index (χ2v) is 7.81. The lowest BCUT2D eigenvalue weighted by atomic mass is 10.2. The van der Waals surface area contributed by atoms with Crippen molar-refractivity contribution in [2.45, 2.75) is 30.8 Å². The zero-order chi connectivity index (χ0) is 20.2. The molecule has 3 aromatic rings. The number of nitrogens with one attached hydrogen (secondary N) is 2. The highest BCUT2D eigenvalue weighted by Crippen LogP contribution is 2.20. The van der Waals surface area contributed by atoms with Crippen molar-refractivity contribution in [1.82, 2.24) is 25.1 Å². The number of amides is 2. The maximum atomic E-state index is 12.2. The van der Waals surface area contributed by atoms with Crippen LogP contribution in [-0.2, 0) is 4.79 Å². The number of nitrogens with zero attached hydrogens (tertiary/aromatic N) is 4. The molecule has 0 unspecified atom stereocenters. The van der Waals surface area contributed by atoms with Gasteiger partial charge in [-0.3, -0.25) is 9.59 Å². The van der Waals surface area contributed by atoms with Gasteiger partial charge in [0, 0.05) is 24.0 Å². The Labute approximate surface area is 172 Å². The number of carbonyl (C=O) groups excluding carboxylic acids is 2. The fourth-order valence-electron chi connectivity index (χ4n) is 2.65. The zero-order valence-corrected chi connectivity index (χ0v) is 16.6. The van der Waals surface area contributed by atoms with E-state index in [9.17, 15) is 9.59 Å². The number of aromatic nitrogens is 4. The number of rotatable bonds is 7. The molecule has 2 N–H and O–H groups in total. The van der Waals surface area contributed by atoms with E-state index in [1.54, 1.807) is 18.3 Å². The van der Waals surface area contributed by atoms with Gasteiger partial charge in [0.05, 0.1) is 5.75 Å². The Kier molecular flexibility index (Phi) is 5.57. The molecule has 29 heavy (non-hydrogen) atoms. The van der Waals surface area contributed by atoms with E-state index in [0.717, 1.165) is 24.1 Å². The molecule has 2 aromatic heterocycles. The third kappa shape index (κ3) is 5.20. The fourth-order valence-corrected chi connectivity index (χ4v) is 3.31. The molecule has 4 rings (SSSR count). The number of aryl methyl sites for hydroxylation is 1. The van der Waals surface area contributed by atoms with Crippen LogP contribution in [0.4, 0.5) is 5.69 Å². The average Bonchev–Trinajstić information content (AvgIpc) is 3.38. The number of carbonyl (C=O) groups is 2. The molecule has 9 heteroatoms. The fraction of sp³-hybridized carbons (Fsp3) is 0.250. The van der Waals surface area contributed by atoms with E-state index in [2.05, 4.69) is 25.7 Å². The summed E-state index contributed by atoms with van der Waals surface area (Å²) in [5, 5.41) is 10.7. The number of hydrogen-bond donors (Lipinski definition) is 2. The first-order valence-corrected chi connectivity index (χ1v) is 10.2. The monoisotopic (exact) mass is 408 g/mol. The Morgan fingerprint density at radius 1 is 1.21 bits per heavy atom. The normalized spacial score (nSPS) is 13.1. The third-order valence-corrected chi connectivity index (χ3v) is 5.18. The summed E-state index contributed by atoms with van der Waals surface area (Å²) in [7, 11) is 0. The zero-order valence-electron chi connectivity index (χ0n) is 15.8. The molecule has 0 bridgehead atoms. The van der Waals surface area contributed by atoms with E-state index in [0.29, 0.717) is 16.5 Å². The van der Waals surface area contributed by atoms with Gasteiger partial charge in [-0.25, -0.2) is 14.6 Å². The van der Waals surface area contributed by atoms with Crippen molar-refractivity contribution >= 4 is 29.3 Å². The van der Waals surface area contributed by atoms with E-state index in [4.69, 9.17) is 0 Å². The Morgan fingerprint density at radius 2 is 2.07 bits per heavy atom. The van der Waals surface area contributed by atoms with Gasteiger partial charge in [0.1, 0.15) is 11.4 Å². The first kappa shape index (κ1) is 19.1. The van der Waals surface area contributed by atoms with Crippen molar-refractivity contribution in [2.24, 2.45) is 0 Å². The van der Waals surface area contributed by atoms with Crippen molar-refractivity contribution in [3.05, 3.63) is 60.2 Å². The van der Waals surface area contributed by atoms with Crippen molar-refractivity contribution < 1.29 is 9.59 Å². The minimum Gasteiger partial charge on any atom is -0.348 e. The van der Waals surface area contributed by atoms with Crippen molar-refractivity contribution in [1.29, 1.82) is 0 Å². The molecule has 1 aromatic carbocycles. The number of hydrogen-bond acceptors (Lipinski definition) is 6. The highest BCUT2D eigenvalue weighted by Gasteiger charge is 2.24. The highest BCUT2D eigenvalue weighted by molar-refractivity contribution is 7.99. The lowest BCUT2D eigenvalue weighted by Gasteiger charge is -2.06. The summed E-state index contributed by atoms with van der Waals surface area (Å²) in [6.07, 6.45) is 5.15. The van der Waals surface area contributed by atoms with Crippen LogP contribution in [0, 0.1) is 6.92 Å². The summed E-state index contributed by atoms with van der Waals surface area (Å²) >= 11 is 1.31. The predicted molar refractivity (Wildman–Crippen MR) is 110 cm³/mol. The molecule has 0 atom stereocenters. The summed E-state index contributed by atoms with van der Waals surface area (Å²) in [5.74, 6) is 0.465. The van der Waals surface area contributed by atoms with Crippen LogP contribution in [0.5, 0.6) is 0 Å². The summed E-state index contributed by atoms with van der Waals surface area (Å²) in [6.45, 7) is 1.98. The van der Waals surface area contributed by atoms with Crippen molar-refractivity contribution in [3.8, 4) is 5.82 Å². The van der Waals surface area contributed by atoms with Crippen LogP contribution in [0.15, 0.2) is 53.9 Å². The maximum absolute atomic E-state index is 12.2. The van der Waals surface area contributed by atoms with E-state index in [1.807, 2.05) is 31.2 Å². The van der Waals surface area contributed by atoms with Gasteiger partial charge in [0.15, 0.2) is 11.5 Å². The van der Waals surface area contributed by atoms with E-state index >= 15 is 0 Å². The van der Waals surface area contributed by atoms with Gasteiger partial charge in [-0.1, -0.05) is 23.9 Å². The Balaban J connectivity index is 1.36. The Morgan fingerprint density at radius 3 is 2.86 bits per heavy atom. The second kappa shape index (κ2) is 8.44. The van der Waals surface area contributed by atoms with Gasteiger partial charge in [-0.15, -0.1) is 0 Å². The second-order valence-electron chi connectivity index (χ2n) is 6.81. The van der Waals surface area contributed by atoms with E-state index < -0.39 is 0 Å². The quantitative estimate of drug-likeness (QED) is 0.460. The maximum Gasteiger partial charge on any atom is 0.272 e. The highest BCUT2D eigenvalue weighted by atomic mass is 32.2. The molecule has 1 fully saturated rings. The Hall–Kier alpha value is -3.20. The van der Waals surface area contributed by atoms with Crippen LogP contribution < -0.4 is 10.6 Å². The molecular weight excluding hydrogens is 388 g/mol. The summed E-state index contributed by atoms with van der Waals surface area (Å²) < 4.78 is 1.53. The molecule has 1 aliphatic carbocycles. The molecule has 2 amide bonds. The van der Waals surface area contributed by atoms with E-state index in [1.165, 1.54) is 22.8 Å². The van der Waals surface area contributed by atoms with Crippen molar-refractivity contribution in [3.63, 3.8) is 0 Å². The van der Waals surface area contributed by atoms with Crippen LogP contribution in [0.3, 0.4) is 0 Å². The minimum atomic E-state index is -0.178. The molecular formula is C20H20N6O2S. The smallest absolute Gasteiger partial charge is 0.272 e. The standard InChI is InChI=1S/C20H20N6O2S/c1-13-3-2-4-15(9-13)23-18(27)11-29-19-10-17(21-12-22-19)26-8-7-16(25-26)20(28)24-14-5-6-14/h2-4,7-10,12,14H,5-6,11H2,1H3,(H,23,27)(H,24,28). The van der Waals surface area contributed by atoms with Crippen LogP contribution in [-0.4, -0.2) is 43.4 Å². The molecule has 148 valence electrons. The number of thioether (sulfide) groups is 1. The van der Waals surface area contributed by atoms with Gasteiger partial charge in [0.2, 0.25) is 5.91 Å².